The zero-order valence-electron chi connectivity index (χ0n) is 70.5. The molecule has 0 atom stereocenters. The predicted molar refractivity (Wildman–Crippen MR) is 427 cm³/mol. The Balaban J connectivity index is 1.88. The molecule has 0 saturated heterocycles. The maximum absolute atomic E-state index is 15.8. The van der Waals surface area contributed by atoms with Gasteiger partial charge in [0, 0.05) is 47.5 Å². The lowest BCUT2D eigenvalue weighted by atomic mass is 10.0. The Morgan fingerprint density at radius 1 is 0.291 bits per heavy atom. The van der Waals surface area contributed by atoms with Gasteiger partial charge in [0.2, 0.25) is 11.5 Å². The predicted octanol–water partition coefficient (Wildman–Crippen LogP) is 6.55. The molecule has 34 heteroatoms. The average Bonchev–Trinajstić information content (AvgIpc) is 0.803. The van der Waals surface area contributed by atoms with E-state index in [-0.39, 0.29) is 228 Å². The van der Waals surface area contributed by atoms with Crippen molar-refractivity contribution in [3.05, 3.63) is 105 Å². The van der Waals surface area contributed by atoms with Crippen LogP contribution in [0.5, 0.6) is 34.5 Å². The van der Waals surface area contributed by atoms with Gasteiger partial charge in [0.1, 0.15) is 71.6 Å². The molecule has 0 radical (unpaired) electrons. The lowest BCUT2D eigenvalue weighted by Crippen LogP contribution is -2.59. The first kappa shape index (κ1) is 102. The minimum absolute atomic E-state index is 0.00661. The second-order valence-corrected chi connectivity index (χ2v) is 26.3. The lowest BCUT2D eigenvalue weighted by molar-refractivity contribution is -0.145. The van der Waals surface area contributed by atoms with Crippen LogP contribution in [0, 0.1) is 27.7 Å². The van der Waals surface area contributed by atoms with Gasteiger partial charge in [0.15, 0.2) is 23.0 Å². The fourth-order valence-corrected chi connectivity index (χ4v) is 10.4. The van der Waals surface area contributed by atoms with E-state index in [4.69, 9.17) is 128 Å². The second kappa shape index (κ2) is 65.2. The van der Waals surface area contributed by atoms with Crippen molar-refractivity contribution in [2.45, 2.75) is 46.1 Å². The van der Waals surface area contributed by atoms with Gasteiger partial charge < -0.3 is 138 Å². The molecule has 4 rings (SSSR count). The van der Waals surface area contributed by atoms with Gasteiger partial charge in [-0.05, 0) is 103 Å². The Labute approximate surface area is 688 Å². The van der Waals surface area contributed by atoms with Crippen LogP contribution < -0.4 is 33.7 Å². The minimum Gasteiger partial charge on any atom is -0.487 e. The highest BCUT2D eigenvalue weighted by Gasteiger charge is 2.40. The van der Waals surface area contributed by atoms with Crippen LogP contribution in [0.25, 0.3) is 0 Å². The van der Waals surface area contributed by atoms with Crippen molar-refractivity contribution in [2.75, 3.05) is 314 Å². The van der Waals surface area contributed by atoms with E-state index in [0.717, 1.165) is 28.8 Å². The molecule has 0 fully saturated rings. The number of nitrogens with zero attached hydrogens (tertiary/aromatic N) is 1. The van der Waals surface area contributed by atoms with Crippen LogP contribution in [0.3, 0.4) is 0 Å². The molecule has 117 heavy (non-hydrogen) atoms. The number of methoxy groups -OCH3 is 5. The SMILES string of the molecule is COCCOCCOCCOc1cc(C(=O)NC(COC(=O)c2cc(C)cc(C)c2)(COC(=O)c2cc(C)cc(C)c2)COC(=O)c2cc(OCCOCCOCCOC)c(OCCOCCOCCOC(=O)CCCN(C)C)c(OCCOCCOCCOC)c2)cc(OCCOCCOCCOC)c1OCCOCCOCCOC. The maximum Gasteiger partial charge on any atom is 0.338 e. The second-order valence-electron chi connectivity index (χ2n) is 26.3. The summed E-state index contributed by atoms with van der Waals surface area (Å²) < 4.78 is 156. The molecule has 4 aromatic carbocycles. The number of benzene rings is 4. The van der Waals surface area contributed by atoms with E-state index in [1.807, 2.05) is 58.8 Å². The molecular formula is C83H128N2O32. The monoisotopic (exact) mass is 1660 g/mol. The number of nitrogens with one attached hydrogen (secondary N) is 1. The number of ether oxygens (including phenoxy) is 27. The molecule has 0 aliphatic carbocycles. The third kappa shape index (κ3) is 47.0. The average molecular weight is 1670 g/mol. The van der Waals surface area contributed by atoms with Crippen molar-refractivity contribution in [1.29, 1.82) is 0 Å². The Bertz CT molecular complexity index is 3130. The molecule has 0 bridgehead atoms. The summed E-state index contributed by atoms with van der Waals surface area (Å²) >= 11 is 0. The number of carbonyl (C=O) groups is 5. The van der Waals surface area contributed by atoms with Crippen LogP contribution in [0.4, 0.5) is 0 Å². The van der Waals surface area contributed by atoms with E-state index in [9.17, 15) is 14.4 Å². The lowest BCUT2D eigenvalue weighted by Gasteiger charge is -2.33. The molecule has 0 heterocycles. The first-order chi connectivity index (χ1) is 56.9. The normalized spacial score (nSPS) is 11.4. The fraction of sp³-hybridized carbons (Fsp3) is 0.651. The van der Waals surface area contributed by atoms with Gasteiger partial charge in [-0.15, -0.1) is 0 Å². The molecule has 1 N–H and O–H groups in total. The summed E-state index contributed by atoms with van der Waals surface area (Å²) in [5.41, 5.74) is 0.863. The molecule has 662 valence electrons. The Morgan fingerprint density at radius 2 is 0.530 bits per heavy atom. The van der Waals surface area contributed by atoms with Crippen molar-refractivity contribution < 1.29 is 152 Å². The number of aryl methyl sites for hydroxylation is 4. The van der Waals surface area contributed by atoms with Crippen molar-refractivity contribution in [3.63, 3.8) is 0 Å². The number of esters is 4. The Hall–Kier alpha value is -7.69. The smallest absolute Gasteiger partial charge is 0.338 e. The molecule has 1 amide bonds. The largest absolute Gasteiger partial charge is 0.487 e. The summed E-state index contributed by atoms with van der Waals surface area (Å²) in [6.07, 6.45) is 0.978. The third-order valence-electron chi connectivity index (χ3n) is 16.0. The molecule has 0 aliphatic rings. The molecule has 0 aromatic heterocycles. The van der Waals surface area contributed by atoms with Gasteiger partial charge in [-0.1, -0.05) is 34.4 Å². The summed E-state index contributed by atoms with van der Waals surface area (Å²) in [5.74, 6) is -3.71. The third-order valence-corrected chi connectivity index (χ3v) is 16.0. The van der Waals surface area contributed by atoms with Gasteiger partial charge in [-0.25, -0.2) is 14.4 Å². The summed E-state index contributed by atoms with van der Waals surface area (Å²) in [4.78, 5) is 74.2. The first-order valence-electron chi connectivity index (χ1n) is 39.3. The summed E-state index contributed by atoms with van der Waals surface area (Å²) in [6.45, 7) is 12.6. The minimum atomic E-state index is -2.16. The Kier molecular flexibility index (Phi) is 56.7. The van der Waals surface area contributed by atoms with Crippen LogP contribution in [-0.2, 0) is 104 Å². The van der Waals surface area contributed by atoms with Crippen LogP contribution in [-0.4, -0.2) is 354 Å². The van der Waals surface area contributed by atoms with E-state index < -0.39 is 49.2 Å². The molecule has 4 aromatic rings. The summed E-state index contributed by atoms with van der Waals surface area (Å²) in [7, 11) is 11.8. The van der Waals surface area contributed by atoms with Gasteiger partial charge in [0.05, 0.1) is 208 Å². The van der Waals surface area contributed by atoms with Crippen molar-refractivity contribution >= 4 is 29.8 Å². The van der Waals surface area contributed by atoms with Gasteiger partial charge in [-0.3, -0.25) is 9.59 Å². The van der Waals surface area contributed by atoms with E-state index in [1.54, 1.807) is 59.8 Å². The maximum atomic E-state index is 15.8. The Morgan fingerprint density at radius 3 is 0.803 bits per heavy atom. The molecule has 34 nitrogen and oxygen atoms in total. The van der Waals surface area contributed by atoms with Crippen LogP contribution in [0.2, 0.25) is 0 Å². The summed E-state index contributed by atoms with van der Waals surface area (Å²) in [5, 5.41) is 2.97. The molecule has 0 saturated carbocycles. The number of carbonyl (C=O) groups excluding carboxylic acids is 5. The zero-order chi connectivity index (χ0) is 84.6. The van der Waals surface area contributed by atoms with Crippen LogP contribution in [0.1, 0.15) is 76.5 Å². The van der Waals surface area contributed by atoms with E-state index in [2.05, 4.69) is 5.32 Å². The van der Waals surface area contributed by atoms with Crippen molar-refractivity contribution in [2.24, 2.45) is 0 Å². The molecule has 0 aliphatic heterocycles. The van der Waals surface area contributed by atoms with E-state index in [1.165, 1.54) is 24.3 Å². The standard InChI is InChI=1S/C83H128N2O32/c1-64-51-65(2)54-69(53-64)80(88)115-61-83(62-116-81(89)70-55-66(3)52-67(4)56-70,84-79(87)68-57-72(108-44-37-101-30-25-96-20-15-91-7)77(113-49-42-106-34-29-100-24-19-95-11)73(58-68)109-45-38-102-31-26-97-21-16-92-8)63-117-82(90)71-59-74(110-46-39-103-32-27-98-22-17-93-9)78(75(60-71)111-47-40-104-33-28-99-23-18-94-10)114-50-43-107-36-35-105-41-48-112-76(86)13-12-14-85(5)6/h51-60H,12-50,61-63H2,1-11H3,(H,84,87). The molecule has 0 unspecified atom stereocenters. The number of hydrogen-bond donors (Lipinski definition) is 1. The van der Waals surface area contributed by atoms with Gasteiger partial charge in [-0.2, -0.15) is 0 Å². The van der Waals surface area contributed by atoms with Gasteiger partial charge in [0.25, 0.3) is 5.91 Å². The highest BCUT2D eigenvalue weighted by molar-refractivity contribution is 5.97. The topological polar surface area (TPSA) is 350 Å². The van der Waals surface area contributed by atoms with Crippen LogP contribution >= 0.6 is 0 Å². The van der Waals surface area contributed by atoms with Gasteiger partial charge >= 0.3 is 23.9 Å². The zero-order valence-corrected chi connectivity index (χ0v) is 70.5. The highest BCUT2D eigenvalue weighted by Crippen LogP contribution is 2.41. The quantitative estimate of drug-likeness (QED) is 0.0278. The number of hydrogen-bond acceptors (Lipinski definition) is 33. The van der Waals surface area contributed by atoms with Crippen molar-refractivity contribution in [3.8, 4) is 34.5 Å². The van der Waals surface area contributed by atoms with E-state index in [0.29, 0.717) is 85.5 Å². The fourth-order valence-electron chi connectivity index (χ4n) is 10.4. The highest BCUT2D eigenvalue weighted by atomic mass is 16.6. The summed E-state index contributed by atoms with van der Waals surface area (Å²) in [6, 6.07) is 15.8. The number of rotatable bonds is 75. The van der Waals surface area contributed by atoms with Crippen molar-refractivity contribution in [1.82, 2.24) is 10.2 Å². The van der Waals surface area contributed by atoms with Crippen LogP contribution in [0.15, 0.2) is 60.7 Å². The first-order valence-corrected chi connectivity index (χ1v) is 39.3. The van der Waals surface area contributed by atoms with E-state index >= 15 is 9.59 Å². The molecular weight excluding hydrogens is 1540 g/mol. The molecule has 0 spiro atoms. The number of amides is 1.